The van der Waals surface area contributed by atoms with Crippen LogP contribution in [0.2, 0.25) is 0 Å². The number of rotatable bonds is 7. The van der Waals surface area contributed by atoms with E-state index in [-0.39, 0.29) is 5.91 Å². The van der Waals surface area contributed by atoms with Crippen molar-refractivity contribution >= 4 is 17.7 Å². The third-order valence-corrected chi connectivity index (χ3v) is 5.35. The maximum absolute atomic E-state index is 12.9. The van der Waals surface area contributed by atoms with Gasteiger partial charge in [0.25, 0.3) is 0 Å². The van der Waals surface area contributed by atoms with Crippen molar-refractivity contribution in [1.29, 1.82) is 0 Å². The Kier molecular flexibility index (Phi) is 5.87. The van der Waals surface area contributed by atoms with Crippen molar-refractivity contribution in [3.05, 3.63) is 78.3 Å². The number of fused-ring (bicyclic) bond motifs is 1. The molecule has 1 amide bonds. The van der Waals surface area contributed by atoms with Crippen LogP contribution in [0.3, 0.4) is 0 Å². The van der Waals surface area contributed by atoms with E-state index in [1.807, 2.05) is 65.6 Å². The van der Waals surface area contributed by atoms with Gasteiger partial charge >= 0.3 is 0 Å². The quantitative estimate of drug-likeness (QED) is 0.556. The standard InChI is InChI=1S/C22H21NO4S/c24-22(16-28-19-8-9-20-21(13-19)27-12-11-26-20)23(15-18-7-4-10-25-18)14-17-5-2-1-3-6-17/h1-10,13H,11-12,14-16H2. The second-order valence-corrected chi connectivity index (χ2v) is 7.46. The molecular weight excluding hydrogens is 374 g/mol. The summed E-state index contributed by atoms with van der Waals surface area (Å²) in [6, 6.07) is 19.5. The van der Waals surface area contributed by atoms with E-state index >= 15 is 0 Å². The van der Waals surface area contributed by atoms with E-state index < -0.39 is 0 Å². The Labute approximate surface area is 168 Å². The van der Waals surface area contributed by atoms with Crippen LogP contribution in [0.15, 0.2) is 76.2 Å². The van der Waals surface area contributed by atoms with Gasteiger partial charge in [-0.25, -0.2) is 0 Å². The maximum Gasteiger partial charge on any atom is 0.233 e. The highest BCUT2D eigenvalue weighted by Crippen LogP contribution is 2.34. The van der Waals surface area contributed by atoms with Crippen LogP contribution in [0.25, 0.3) is 0 Å². The predicted molar refractivity (Wildman–Crippen MR) is 108 cm³/mol. The monoisotopic (exact) mass is 395 g/mol. The van der Waals surface area contributed by atoms with Crippen LogP contribution in [-0.2, 0) is 17.9 Å². The molecule has 28 heavy (non-hydrogen) atoms. The van der Waals surface area contributed by atoms with Crippen LogP contribution < -0.4 is 9.47 Å². The summed E-state index contributed by atoms with van der Waals surface area (Å²) in [5, 5.41) is 0. The summed E-state index contributed by atoms with van der Waals surface area (Å²) in [6.07, 6.45) is 1.63. The van der Waals surface area contributed by atoms with Crippen LogP contribution >= 0.6 is 11.8 Å². The Morgan fingerprint density at radius 2 is 1.75 bits per heavy atom. The van der Waals surface area contributed by atoms with Crippen molar-refractivity contribution < 1.29 is 18.7 Å². The van der Waals surface area contributed by atoms with Crippen LogP contribution in [0, 0.1) is 0 Å². The number of hydrogen-bond donors (Lipinski definition) is 0. The van der Waals surface area contributed by atoms with Gasteiger partial charge in [0, 0.05) is 11.4 Å². The average molecular weight is 395 g/mol. The molecule has 0 unspecified atom stereocenters. The molecule has 0 saturated carbocycles. The first-order valence-corrected chi connectivity index (χ1v) is 10.1. The minimum Gasteiger partial charge on any atom is -0.486 e. The zero-order valence-electron chi connectivity index (χ0n) is 15.4. The van der Waals surface area contributed by atoms with Gasteiger partial charge in [-0.1, -0.05) is 30.3 Å². The molecule has 0 aliphatic carbocycles. The van der Waals surface area contributed by atoms with Gasteiger partial charge < -0.3 is 18.8 Å². The summed E-state index contributed by atoms with van der Waals surface area (Å²) in [4.78, 5) is 15.7. The van der Waals surface area contributed by atoms with Crippen molar-refractivity contribution in [2.75, 3.05) is 19.0 Å². The van der Waals surface area contributed by atoms with Gasteiger partial charge in [-0.3, -0.25) is 4.79 Å². The second kappa shape index (κ2) is 8.89. The van der Waals surface area contributed by atoms with Gasteiger partial charge in [0.15, 0.2) is 11.5 Å². The number of carbonyl (C=O) groups excluding carboxylic acids is 1. The average Bonchev–Trinajstić information content (AvgIpc) is 3.25. The summed E-state index contributed by atoms with van der Waals surface area (Å²) in [5.41, 5.74) is 1.09. The van der Waals surface area contributed by atoms with Crippen molar-refractivity contribution in [2.24, 2.45) is 0 Å². The third kappa shape index (κ3) is 4.70. The van der Waals surface area contributed by atoms with E-state index in [9.17, 15) is 4.79 Å². The number of furan rings is 1. The lowest BCUT2D eigenvalue weighted by Crippen LogP contribution is -2.31. The number of hydrogen-bond acceptors (Lipinski definition) is 5. The molecule has 0 radical (unpaired) electrons. The smallest absolute Gasteiger partial charge is 0.233 e. The Hall–Kier alpha value is -2.86. The van der Waals surface area contributed by atoms with Crippen LogP contribution in [0.1, 0.15) is 11.3 Å². The topological polar surface area (TPSA) is 51.9 Å². The zero-order chi connectivity index (χ0) is 19.2. The summed E-state index contributed by atoms with van der Waals surface area (Å²) in [6.45, 7) is 2.11. The SMILES string of the molecule is O=C(CSc1ccc2c(c1)OCCO2)N(Cc1ccccc1)Cc1ccco1. The van der Waals surface area contributed by atoms with Crippen LogP contribution in [0.4, 0.5) is 0 Å². The maximum atomic E-state index is 12.9. The van der Waals surface area contributed by atoms with Gasteiger partial charge in [-0.2, -0.15) is 0 Å². The molecule has 5 nitrogen and oxygen atoms in total. The molecule has 3 aromatic rings. The molecule has 144 valence electrons. The molecule has 0 N–H and O–H groups in total. The fourth-order valence-corrected chi connectivity index (χ4v) is 3.80. The second-order valence-electron chi connectivity index (χ2n) is 6.41. The molecule has 0 fully saturated rings. The Morgan fingerprint density at radius 1 is 0.929 bits per heavy atom. The van der Waals surface area contributed by atoms with E-state index in [1.54, 1.807) is 6.26 Å². The molecule has 0 atom stereocenters. The van der Waals surface area contributed by atoms with Gasteiger partial charge in [0.05, 0.1) is 18.6 Å². The Balaban J connectivity index is 1.42. The van der Waals surface area contributed by atoms with E-state index in [0.717, 1.165) is 27.7 Å². The highest BCUT2D eigenvalue weighted by atomic mass is 32.2. The molecule has 0 spiro atoms. The highest BCUT2D eigenvalue weighted by Gasteiger charge is 2.17. The molecule has 1 aliphatic heterocycles. The van der Waals surface area contributed by atoms with Crippen molar-refractivity contribution in [3.8, 4) is 11.5 Å². The lowest BCUT2D eigenvalue weighted by Gasteiger charge is -2.22. The first-order chi connectivity index (χ1) is 13.8. The van der Waals surface area contributed by atoms with Gasteiger partial charge in [0.1, 0.15) is 19.0 Å². The minimum atomic E-state index is 0.0557. The molecule has 0 saturated heterocycles. The Bertz CT molecular complexity index is 912. The van der Waals surface area contributed by atoms with E-state index in [4.69, 9.17) is 13.9 Å². The molecule has 4 rings (SSSR count). The first-order valence-electron chi connectivity index (χ1n) is 9.14. The van der Waals surface area contributed by atoms with Crippen molar-refractivity contribution in [1.82, 2.24) is 4.90 Å². The zero-order valence-corrected chi connectivity index (χ0v) is 16.2. The molecule has 6 heteroatoms. The number of carbonyl (C=O) groups is 1. The van der Waals surface area contributed by atoms with Crippen molar-refractivity contribution in [2.45, 2.75) is 18.0 Å². The number of amides is 1. The predicted octanol–water partition coefficient (Wildman–Crippen LogP) is 4.37. The lowest BCUT2D eigenvalue weighted by atomic mass is 10.2. The van der Waals surface area contributed by atoms with Crippen molar-refractivity contribution in [3.63, 3.8) is 0 Å². The summed E-state index contributed by atoms with van der Waals surface area (Å²) in [5.74, 6) is 2.66. The van der Waals surface area contributed by atoms with Crippen LogP contribution in [-0.4, -0.2) is 29.8 Å². The van der Waals surface area contributed by atoms with Gasteiger partial charge in [0.2, 0.25) is 5.91 Å². The summed E-state index contributed by atoms with van der Waals surface area (Å²) < 4.78 is 16.6. The lowest BCUT2D eigenvalue weighted by molar-refractivity contribution is -0.129. The number of thioether (sulfide) groups is 1. The largest absolute Gasteiger partial charge is 0.486 e. The highest BCUT2D eigenvalue weighted by molar-refractivity contribution is 8.00. The fraction of sp³-hybridized carbons (Fsp3) is 0.227. The molecular formula is C22H21NO4S. The molecule has 1 aliphatic rings. The number of benzene rings is 2. The number of nitrogens with zero attached hydrogens (tertiary/aromatic N) is 1. The van der Waals surface area contributed by atoms with Gasteiger partial charge in [-0.15, -0.1) is 11.8 Å². The fourth-order valence-electron chi connectivity index (χ4n) is 2.98. The van der Waals surface area contributed by atoms with E-state index in [1.165, 1.54) is 11.8 Å². The summed E-state index contributed by atoms with van der Waals surface area (Å²) >= 11 is 1.50. The number of ether oxygens (including phenoxy) is 2. The third-order valence-electron chi connectivity index (χ3n) is 4.37. The van der Waals surface area contributed by atoms with E-state index in [2.05, 4.69) is 0 Å². The Morgan fingerprint density at radius 3 is 2.54 bits per heavy atom. The first kappa shape index (κ1) is 18.5. The molecule has 2 aromatic carbocycles. The minimum absolute atomic E-state index is 0.0557. The van der Waals surface area contributed by atoms with Crippen LogP contribution in [0.5, 0.6) is 11.5 Å². The summed E-state index contributed by atoms with van der Waals surface area (Å²) in [7, 11) is 0. The van der Waals surface area contributed by atoms with E-state index in [0.29, 0.717) is 32.1 Å². The molecule has 2 heterocycles. The molecule has 0 bridgehead atoms. The van der Waals surface area contributed by atoms with Gasteiger partial charge in [-0.05, 0) is 35.9 Å². The molecule has 1 aromatic heterocycles. The normalized spacial score (nSPS) is 12.6.